The number of aryl methyl sites for hydroxylation is 1. The Balaban J connectivity index is 1.90. The number of hydrogen-bond donors (Lipinski definition) is 1. The van der Waals surface area contributed by atoms with Crippen LogP contribution in [0.25, 0.3) is 0 Å². The van der Waals surface area contributed by atoms with E-state index in [4.69, 9.17) is 0 Å². The van der Waals surface area contributed by atoms with E-state index in [1.165, 1.54) is 28.6 Å². The van der Waals surface area contributed by atoms with Gasteiger partial charge in [0.15, 0.2) is 0 Å². The first-order valence-corrected chi connectivity index (χ1v) is 10.7. The molecule has 3 aromatic rings. The van der Waals surface area contributed by atoms with Crippen LogP contribution in [0.15, 0.2) is 83.8 Å². The van der Waals surface area contributed by atoms with E-state index in [9.17, 15) is 23.6 Å². The van der Waals surface area contributed by atoms with Gasteiger partial charge in [-0.05, 0) is 42.3 Å². The number of hydrogen-bond acceptors (Lipinski definition) is 5. The maximum atomic E-state index is 13.3. The summed E-state index contributed by atoms with van der Waals surface area (Å²) >= 11 is 0. The van der Waals surface area contributed by atoms with Crippen LogP contribution in [0.2, 0.25) is 0 Å². The molecule has 30 heavy (non-hydrogen) atoms. The molecule has 8 heteroatoms. The van der Waals surface area contributed by atoms with E-state index in [2.05, 4.69) is 0 Å². The summed E-state index contributed by atoms with van der Waals surface area (Å²) in [7, 11) is -3.88. The molecule has 1 N–H and O–H groups in total. The van der Waals surface area contributed by atoms with Crippen LogP contribution in [0.5, 0.6) is 0 Å². The Morgan fingerprint density at radius 3 is 2.13 bits per heavy atom. The molecule has 0 spiro atoms. The first-order valence-electron chi connectivity index (χ1n) is 9.30. The van der Waals surface area contributed by atoms with Gasteiger partial charge in [-0.25, -0.2) is 8.42 Å². The fraction of sp³-hybridized carbons (Fsp3) is 0.182. The van der Waals surface area contributed by atoms with Crippen LogP contribution in [0.3, 0.4) is 0 Å². The summed E-state index contributed by atoms with van der Waals surface area (Å²) in [5.74, 6) is 0. The van der Waals surface area contributed by atoms with Crippen LogP contribution in [-0.4, -0.2) is 29.3 Å². The normalized spacial score (nSPS) is 12.6. The quantitative estimate of drug-likeness (QED) is 0.436. The number of aliphatic hydroxyl groups is 1. The molecule has 7 nitrogen and oxygen atoms in total. The van der Waals surface area contributed by atoms with Crippen LogP contribution >= 0.6 is 0 Å². The van der Waals surface area contributed by atoms with Gasteiger partial charge >= 0.3 is 0 Å². The van der Waals surface area contributed by atoms with Gasteiger partial charge in [0.2, 0.25) is 10.0 Å². The third-order valence-corrected chi connectivity index (χ3v) is 6.55. The van der Waals surface area contributed by atoms with Gasteiger partial charge in [-0.1, -0.05) is 48.0 Å². The minimum absolute atomic E-state index is 0.0844. The molecule has 0 saturated carbocycles. The molecule has 0 saturated heterocycles. The van der Waals surface area contributed by atoms with Gasteiger partial charge in [0, 0.05) is 25.2 Å². The van der Waals surface area contributed by atoms with Crippen molar-refractivity contribution in [2.45, 2.75) is 24.5 Å². The second-order valence-electron chi connectivity index (χ2n) is 6.96. The summed E-state index contributed by atoms with van der Waals surface area (Å²) < 4.78 is 27.8. The van der Waals surface area contributed by atoms with Crippen molar-refractivity contribution >= 4 is 15.7 Å². The molecular formula is C22H22N2O5S. The molecule has 0 bridgehead atoms. The van der Waals surface area contributed by atoms with E-state index >= 15 is 0 Å². The molecule has 0 fully saturated rings. The Bertz CT molecular complexity index is 1100. The molecule has 0 aliphatic heterocycles. The monoisotopic (exact) mass is 426 g/mol. The van der Waals surface area contributed by atoms with Gasteiger partial charge in [0.05, 0.1) is 15.9 Å². The molecule has 0 heterocycles. The molecule has 0 aliphatic carbocycles. The summed E-state index contributed by atoms with van der Waals surface area (Å²) in [5, 5.41) is 21.5. The summed E-state index contributed by atoms with van der Waals surface area (Å²) in [6.07, 6.45) is -1.14. The summed E-state index contributed by atoms with van der Waals surface area (Å²) in [6, 6.07) is 21.1. The number of non-ortho nitro benzene ring substituents is 1. The van der Waals surface area contributed by atoms with Gasteiger partial charge in [-0.15, -0.1) is 0 Å². The van der Waals surface area contributed by atoms with Crippen molar-refractivity contribution in [2.75, 3.05) is 6.54 Å². The van der Waals surface area contributed by atoms with Crippen LogP contribution in [0, 0.1) is 17.0 Å². The van der Waals surface area contributed by atoms with Crippen molar-refractivity contribution in [3.63, 3.8) is 0 Å². The third kappa shape index (κ3) is 5.10. The van der Waals surface area contributed by atoms with E-state index < -0.39 is 21.1 Å². The van der Waals surface area contributed by atoms with E-state index in [1.807, 2.05) is 37.3 Å². The summed E-state index contributed by atoms with van der Waals surface area (Å²) in [6.45, 7) is 1.76. The summed E-state index contributed by atoms with van der Waals surface area (Å²) in [5.41, 5.74) is 2.02. The average molecular weight is 426 g/mol. The Kier molecular flexibility index (Phi) is 6.61. The first kappa shape index (κ1) is 21.6. The maximum Gasteiger partial charge on any atom is 0.269 e. The molecule has 0 radical (unpaired) electrons. The molecule has 156 valence electrons. The standard InChI is InChI=1S/C22H22N2O5S/c1-17-7-13-21(14-8-17)30(28,29)23(15-18-5-3-2-4-6-18)16-22(25)19-9-11-20(12-10-19)24(26)27/h2-14,22,25H,15-16H2,1H3/t22-/m0/s1. The lowest BCUT2D eigenvalue weighted by Crippen LogP contribution is -2.34. The highest BCUT2D eigenvalue weighted by molar-refractivity contribution is 7.89. The van der Waals surface area contributed by atoms with Crippen LogP contribution in [0.1, 0.15) is 22.8 Å². The Hall–Kier alpha value is -3.07. The lowest BCUT2D eigenvalue weighted by Gasteiger charge is -2.25. The van der Waals surface area contributed by atoms with Gasteiger partial charge in [-0.3, -0.25) is 10.1 Å². The zero-order valence-corrected chi connectivity index (χ0v) is 17.2. The van der Waals surface area contributed by atoms with E-state index in [1.54, 1.807) is 24.3 Å². The Morgan fingerprint density at radius 1 is 0.967 bits per heavy atom. The Labute approximate surface area is 175 Å². The highest BCUT2D eigenvalue weighted by atomic mass is 32.2. The van der Waals surface area contributed by atoms with Crippen molar-refractivity contribution in [3.8, 4) is 0 Å². The number of sulfonamides is 1. The average Bonchev–Trinajstić information content (AvgIpc) is 2.74. The topological polar surface area (TPSA) is 101 Å². The van der Waals surface area contributed by atoms with E-state index in [-0.39, 0.29) is 23.7 Å². The molecule has 0 aromatic heterocycles. The van der Waals surface area contributed by atoms with Crippen molar-refractivity contribution in [1.29, 1.82) is 0 Å². The predicted octanol–water partition coefficient (Wildman–Crippen LogP) is 3.83. The van der Waals surface area contributed by atoms with Crippen LogP contribution < -0.4 is 0 Å². The fourth-order valence-electron chi connectivity index (χ4n) is 3.01. The zero-order chi connectivity index (χ0) is 21.7. The van der Waals surface area contributed by atoms with Crippen LogP contribution in [0.4, 0.5) is 5.69 Å². The smallest absolute Gasteiger partial charge is 0.269 e. The number of nitro groups is 1. The molecule has 0 aliphatic rings. The molecule has 0 amide bonds. The number of aliphatic hydroxyl groups excluding tert-OH is 1. The second-order valence-corrected chi connectivity index (χ2v) is 8.90. The zero-order valence-electron chi connectivity index (χ0n) is 16.4. The second kappa shape index (κ2) is 9.17. The van der Waals surface area contributed by atoms with Crippen molar-refractivity contribution in [3.05, 3.63) is 106 Å². The highest BCUT2D eigenvalue weighted by Gasteiger charge is 2.27. The number of nitrogens with zero attached hydrogens (tertiary/aromatic N) is 2. The third-order valence-electron chi connectivity index (χ3n) is 4.73. The predicted molar refractivity (Wildman–Crippen MR) is 113 cm³/mol. The molecule has 3 rings (SSSR count). The van der Waals surface area contributed by atoms with Crippen LogP contribution in [-0.2, 0) is 16.6 Å². The maximum absolute atomic E-state index is 13.3. The van der Waals surface area contributed by atoms with Gasteiger partial charge in [-0.2, -0.15) is 4.31 Å². The molecule has 1 atom stereocenters. The fourth-order valence-corrected chi connectivity index (χ4v) is 4.45. The highest BCUT2D eigenvalue weighted by Crippen LogP contribution is 2.24. The first-order chi connectivity index (χ1) is 14.3. The van der Waals surface area contributed by atoms with Gasteiger partial charge < -0.3 is 5.11 Å². The minimum Gasteiger partial charge on any atom is -0.387 e. The van der Waals surface area contributed by atoms with Gasteiger partial charge in [0.25, 0.3) is 5.69 Å². The molecule has 0 unspecified atom stereocenters. The minimum atomic E-state index is -3.88. The van der Waals surface area contributed by atoms with Gasteiger partial charge in [0.1, 0.15) is 0 Å². The molecule has 3 aromatic carbocycles. The van der Waals surface area contributed by atoms with Crippen molar-refractivity contribution in [1.82, 2.24) is 4.31 Å². The SMILES string of the molecule is Cc1ccc(S(=O)(=O)N(Cc2ccccc2)C[C@H](O)c2ccc([N+](=O)[O-])cc2)cc1. The molecular weight excluding hydrogens is 404 g/mol. The van der Waals surface area contributed by atoms with E-state index in [0.29, 0.717) is 5.56 Å². The lowest BCUT2D eigenvalue weighted by molar-refractivity contribution is -0.384. The van der Waals surface area contributed by atoms with E-state index in [0.717, 1.165) is 11.1 Å². The van der Waals surface area contributed by atoms with Crippen molar-refractivity contribution in [2.24, 2.45) is 0 Å². The van der Waals surface area contributed by atoms with Crippen molar-refractivity contribution < 1.29 is 18.4 Å². The summed E-state index contributed by atoms with van der Waals surface area (Å²) in [4.78, 5) is 10.4. The number of nitro benzene ring substituents is 1. The number of rotatable bonds is 8. The Morgan fingerprint density at radius 2 is 1.57 bits per heavy atom. The lowest BCUT2D eigenvalue weighted by atomic mass is 10.1. The number of benzene rings is 3. The largest absolute Gasteiger partial charge is 0.387 e.